The van der Waals surface area contributed by atoms with Crippen LogP contribution in [0.4, 0.5) is 4.79 Å². The van der Waals surface area contributed by atoms with Crippen molar-refractivity contribution >= 4 is 17.1 Å². The highest BCUT2D eigenvalue weighted by Crippen LogP contribution is 2.39. The molecular formula is C27H29NO5. The number of hydrogen-bond acceptors (Lipinski definition) is 5. The van der Waals surface area contributed by atoms with Crippen molar-refractivity contribution in [2.45, 2.75) is 70.2 Å². The minimum absolute atomic E-state index is 0.00247. The van der Waals surface area contributed by atoms with Gasteiger partial charge in [-0.05, 0) is 56.9 Å². The third-order valence-corrected chi connectivity index (χ3v) is 6.40. The Balaban J connectivity index is 1.35. The van der Waals surface area contributed by atoms with E-state index in [0.29, 0.717) is 11.3 Å². The second-order valence-electron chi connectivity index (χ2n) is 9.99. The molecule has 33 heavy (non-hydrogen) atoms. The zero-order valence-corrected chi connectivity index (χ0v) is 19.2. The van der Waals surface area contributed by atoms with E-state index in [4.69, 9.17) is 13.9 Å². The maximum atomic E-state index is 12.7. The molecular weight excluding hydrogens is 418 g/mol. The van der Waals surface area contributed by atoms with E-state index in [9.17, 15) is 9.59 Å². The van der Waals surface area contributed by atoms with Crippen molar-refractivity contribution in [3.63, 3.8) is 0 Å². The first-order valence-electron chi connectivity index (χ1n) is 11.6. The molecule has 6 heteroatoms. The van der Waals surface area contributed by atoms with E-state index in [1.54, 1.807) is 6.07 Å². The second-order valence-corrected chi connectivity index (χ2v) is 9.99. The van der Waals surface area contributed by atoms with Gasteiger partial charge < -0.3 is 18.8 Å². The molecule has 2 fully saturated rings. The van der Waals surface area contributed by atoms with E-state index < -0.39 is 5.60 Å². The van der Waals surface area contributed by atoms with Crippen molar-refractivity contribution in [1.82, 2.24) is 4.90 Å². The topological polar surface area (TPSA) is 69.0 Å². The van der Waals surface area contributed by atoms with Crippen LogP contribution >= 0.6 is 0 Å². The van der Waals surface area contributed by atoms with E-state index in [1.165, 1.54) is 6.07 Å². The molecule has 0 saturated carbocycles. The molecule has 0 aliphatic carbocycles. The molecule has 3 aromatic rings. The van der Waals surface area contributed by atoms with Gasteiger partial charge in [0.05, 0.1) is 0 Å². The Morgan fingerprint density at radius 3 is 2.36 bits per heavy atom. The molecule has 2 saturated heterocycles. The van der Waals surface area contributed by atoms with Crippen LogP contribution in [0.15, 0.2) is 63.8 Å². The van der Waals surface area contributed by atoms with E-state index in [2.05, 4.69) is 0 Å². The quantitative estimate of drug-likeness (QED) is 0.477. The predicted octanol–water partition coefficient (Wildman–Crippen LogP) is 5.77. The average Bonchev–Trinajstić information content (AvgIpc) is 3.03. The van der Waals surface area contributed by atoms with Crippen molar-refractivity contribution in [2.24, 2.45) is 0 Å². The van der Waals surface area contributed by atoms with Gasteiger partial charge >= 0.3 is 11.7 Å². The fourth-order valence-electron chi connectivity index (χ4n) is 5.10. The van der Waals surface area contributed by atoms with Crippen LogP contribution in [0.5, 0.6) is 5.75 Å². The summed E-state index contributed by atoms with van der Waals surface area (Å²) in [5, 5.41) is 0.868. The SMILES string of the molecule is CC(C)(C)OC(=O)N1[C@@H]2CC[C@H]1CC(Oc1ccc3c(-c4ccccc4)cc(=O)oc3c1)C2. The number of ether oxygens (including phenoxy) is 2. The van der Waals surface area contributed by atoms with Crippen LogP contribution in [0, 0.1) is 0 Å². The number of fused-ring (bicyclic) bond motifs is 3. The highest BCUT2D eigenvalue weighted by atomic mass is 16.6. The van der Waals surface area contributed by atoms with Crippen LogP contribution in [0.1, 0.15) is 46.5 Å². The number of amides is 1. The van der Waals surface area contributed by atoms with E-state index in [0.717, 1.165) is 42.2 Å². The summed E-state index contributed by atoms with van der Waals surface area (Å²) in [6.45, 7) is 5.68. The lowest BCUT2D eigenvalue weighted by molar-refractivity contribution is -0.00706. The van der Waals surface area contributed by atoms with Gasteiger partial charge in [-0.1, -0.05) is 30.3 Å². The largest absolute Gasteiger partial charge is 0.490 e. The van der Waals surface area contributed by atoms with Crippen molar-refractivity contribution in [3.05, 3.63) is 65.0 Å². The molecule has 2 bridgehead atoms. The summed E-state index contributed by atoms with van der Waals surface area (Å²) in [4.78, 5) is 26.8. The average molecular weight is 448 g/mol. The van der Waals surface area contributed by atoms with Gasteiger partial charge in [0, 0.05) is 42.4 Å². The number of piperidine rings is 1. The van der Waals surface area contributed by atoms with Crippen LogP contribution in [0.25, 0.3) is 22.1 Å². The Bertz CT molecular complexity index is 1210. The first-order chi connectivity index (χ1) is 15.8. The molecule has 0 spiro atoms. The molecule has 1 amide bonds. The standard InChI is InChI=1S/C27H29NO5/c1-27(2,3)33-26(30)28-18-9-10-19(28)14-21(13-18)31-20-11-12-22-23(17-7-5-4-6-8-17)16-25(29)32-24(22)15-20/h4-8,11-12,15-16,18-19,21H,9-10,13-14H2,1-3H3/t18-,19+,21?. The Hall–Kier alpha value is -3.28. The second kappa shape index (κ2) is 8.25. The summed E-state index contributed by atoms with van der Waals surface area (Å²) >= 11 is 0. The first-order valence-corrected chi connectivity index (χ1v) is 11.6. The Morgan fingerprint density at radius 2 is 1.70 bits per heavy atom. The monoisotopic (exact) mass is 447 g/mol. The van der Waals surface area contributed by atoms with Gasteiger partial charge in [0.15, 0.2) is 0 Å². The molecule has 6 nitrogen and oxygen atoms in total. The molecule has 172 valence electrons. The predicted molar refractivity (Wildman–Crippen MR) is 126 cm³/mol. The smallest absolute Gasteiger partial charge is 0.410 e. The zero-order valence-electron chi connectivity index (χ0n) is 19.2. The van der Waals surface area contributed by atoms with Crippen LogP contribution < -0.4 is 10.4 Å². The molecule has 2 aliphatic heterocycles. The van der Waals surface area contributed by atoms with Crippen molar-refractivity contribution < 1.29 is 18.7 Å². The summed E-state index contributed by atoms with van der Waals surface area (Å²) in [7, 11) is 0. The van der Waals surface area contributed by atoms with Crippen molar-refractivity contribution in [3.8, 4) is 16.9 Å². The molecule has 1 unspecified atom stereocenters. The molecule has 3 atom stereocenters. The number of nitrogens with zero attached hydrogens (tertiary/aromatic N) is 1. The molecule has 0 N–H and O–H groups in total. The molecule has 3 heterocycles. The van der Waals surface area contributed by atoms with Gasteiger partial charge in [0.25, 0.3) is 0 Å². The van der Waals surface area contributed by atoms with Crippen LogP contribution in [-0.4, -0.2) is 34.8 Å². The Morgan fingerprint density at radius 1 is 1.00 bits per heavy atom. The normalized spacial score (nSPS) is 22.4. The highest BCUT2D eigenvalue weighted by molar-refractivity contribution is 5.93. The highest BCUT2D eigenvalue weighted by Gasteiger charge is 2.45. The number of benzene rings is 2. The molecule has 2 aliphatic rings. The van der Waals surface area contributed by atoms with E-state index in [1.807, 2.05) is 68.1 Å². The fraction of sp³-hybridized carbons (Fsp3) is 0.407. The lowest BCUT2D eigenvalue weighted by atomic mass is 10.00. The summed E-state index contributed by atoms with van der Waals surface area (Å²) < 4.78 is 17.4. The number of carbonyl (C=O) groups is 1. The molecule has 5 rings (SSSR count). The van der Waals surface area contributed by atoms with Gasteiger partial charge in [-0.15, -0.1) is 0 Å². The molecule has 1 aromatic heterocycles. The van der Waals surface area contributed by atoms with Crippen molar-refractivity contribution in [1.29, 1.82) is 0 Å². The Labute approximate surface area is 193 Å². The molecule has 2 aromatic carbocycles. The maximum Gasteiger partial charge on any atom is 0.410 e. The van der Waals surface area contributed by atoms with E-state index >= 15 is 0 Å². The van der Waals surface area contributed by atoms with Gasteiger partial charge in [0.1, 0.15) is 23.0 Å². The third kappa shape index (κ3) is 4.47. The van der Waals surface area contributed by atoms with Gasteiger partial charge in [-0.25, -0.2) is 9.59 Å². The van der Waals surface area contributed by atoms with Gasteiger partial charge in [-0.2, -0.15) is 0 Å². The minimum Gasteiger partial charge on any atom is -0.490 e. The number of rotatable bonds is 3. The van der Waals surface area contributed by atoms with Gasteiger partial charge in [-0.3, -0.25) is 0 Å². The van der Waals surface area contributed by atoms with Crippen molar-refractivity contribution in [2.75, 3.05) is 0 Å². The fourth-order valence-corrected chi connectivity index (χ4v) is 5.10. The zero-order chi connectivity index (χ0) is 23.2. The van der Waals surface area contributed by atoms with Crippen LogP contribution in [0.3, 0.4) is 0 Å². The lowest BCUT2D eigenvalue weighted by Crippen LogP contribution is -2.50. The maximum absolute atomic E-state index is 12.7. The number of carbonyl (C=O) groups excluding carboxylic acids is 1. The summed E-state index contributed by atoms with van der Waals surface area (Å²) in [5.74, 6) is 0.672. The third-order valence-electron chi connectivity index (χ3n) is 6.40. The van der Waals surface area contributed by atoms with Crippen LogP contribution in [-0.2, 0) is 4.74 Å². The summed E-state index contributed by atoms with van der Waals surface area (Å²) in [6, 6.07) is 17.3. The first kappa shape index (κ1) is 21.6. The molecule has 0 radical (unpaired) electrons. The van der Waals surface area contributed by atoms with E-state index in [-0.39, 0.29) is 29.9 Å². The van der Waals surface area contributed by atoms with Gasteiger partial charge in [0.2, 0.25) is 0 Å². The minimum atomic E-state index is -0.502. The van der Waals surface area contributed by atoms with Crippen LogP contribution in [0.2, 0.25) is 0 Å². The number of hydrogen-bond donors (Lipinski definition) is 0. The lowest BCUT2D eigenvalue weighted by Gasteiger charge is -2.39. The Kier molecular flexibility index (Phi) is 5.39. The summed E-state index contributed by atoms with van der Waals surface area (Å²) in [6.07, 6.45) is 3.24. The summed E-state index contributed by atoms with van der Waals surface area (Å²) in [5.41, 5.74) is 1.43.